The Morgan fingerprint density at radius 2 is 0.645 bits per heavy atom. The first kappa shape index (κ1) is 31.4. The molecule has 0 radical (unpaired) electrons. The van der Waals surface area contributed by atoms with Gasteiger partial charge in [0.05, 0.1) is 0 Å². The Balaban J connectivity index is 3.61. The molecule has 3 unspecified atom stereocenters. The van der Waals surface area contributed by atoms with Gasteiger partial charge in [-0.3, -0.25) is 0 Å². The lowest BCUT2D eigenvalue weighted by Gasteiger charge is -2.20. The van der Waals surface area contributed by atoms with Crippen molar-refractivity contribution < 1.29 is 0 Å². The van der Waals surface area contributed by atoms with Crippen molar-refractivity contribution in [3.8, 4) is 0 Å². The van der Waals surface area contributed by atoms with E-state index in [4.69, 9.17) is 0 Å². The fraction of sp³-hybridized carbons (Fsp3) is 1.00. The average molecular weight is 456 g/mol. The van der Waals surface area contributed by atoms with Gasteiger partial charge in [0.25, 0.3) is 0 Å². The largest absolute Gasteiger partial charge is 0.115 e. The third-order valence-electron chi connectivity index (χ3n) is 7.30. The Hall–Kier alpha value is 0.350. The molecular weight excluding hydrogens is 392 g/mol. The first-order valence-electron chi connectivity index (χ1n) is 14.9. The third-order valence-corrected chi connectivity index (χ3v) is 10.5. The van der Waals surface area contributed by atoms with Gasteiger partial charge in [-0.2, -0.15) is 0 Å². The molecule has 31 heavy (non-hydrogen) atoms. The van der Waals surface area contributed by atoms with E-state index >= 15 is 0 Å². The van der Waals surface area contributed by atoms with E-state index in [9.17, 15) is 0 Å². The number of rotatable bonds is 25. The van der Waals surface area contributed by atoms with Crippen LogP contribution in [0.1, 0.15) is 176 Å². The zero-order chi connectivity index (χ0) is 23.0. The summed E-state index contributed by atoms with van der Waals surface area (Å²) in [6.45, 7) is 12.2. The van der Waals surface area contributed by atoms with E-state index in [0.29, 0.717) is 10.9 Å². The van der Waals surface area contributed by atoms with E-state index in [-0.39, 0.29) is 0 Å². The molecule has 0 aromatic rings. The maximum absolute atomic E-state index is 2.56. The predicted molar refractivity (Wildman–Crippen MR) is 150 cm³/mol. The van der Waals surface area contributed by atoms with E-state index in [1.54, 1.807) is 0 Å². The molecule has 0 nitrogen and oxygen atoms in total. The molecule has 0 saturated carbocycles. The molecule has 3 atom stereocenters. The summed E-state index contributed by atoms with van der Waals surface area (Å²) in [5, 5.41) is 1.91. The zero-order valence-corrected chi connectivity index (χ0v) is 23.6. The fourth-order valence-electron chi connectivity index (χ4n) is 5.11. The molecule has 0 aliphatic carbocycles. The minimum Gasteiger partial charge on any atom is -0.0654 e. The van der Waals surface area contributed by atoms with Crippen LogP contribution in [0, 0.1) is 0 Å². The van der Waals surface area contributed by atoms with Gasteiger partial charge in [0.2, 0.25) is 0 Å². The van der Waals surface area contributed by atoms with Crippen molar-refractivity contribution in [2.75, 3.05) is 5.75 Å². The zero-order valence-electron chi connectivity index (χ0n) is 22.8. The summed E-state index contributed by atoms with van der Waals surface area (Å²) in [5.41, 5.74) is 0. The molecule has 0 bridgehead atoms. The van der Waals surface area contributed by atoms with E-state index < -0.39 is 0 Å². The van der Waals surface area contributed by atoms with Crippen molar-refractivity contribution in [2.24, 2.45) is 0 Å². The monoisotopic (exact) mass is 455 g/mol. The molecule has 0 aliphatic rings. The van der Waals surface area contributed by atoms with E-state index in [2.05, 4.69) is 34.6 Å². The first-order valence-corrected chi connectivity index (χ1v) is 16.4. The highest BCUT2D eigenvalue weighted by Gasteiger charge is 2.30. The third kappa shape index (κ3) is 20.7. The van der Waals surface area contributed by atoms with E-state index in [1.165, 1.54) is 147 Å². The van der Waals surface area contributed by atoms with Crippen LogP contribution in [0.5, 0.6) is 0 Å². The first-order chi connectivity index (χ1) is 15.2. The smallest absolute Gasteiger partial charge is 0.0654 e. The number of hydrogen-bond acceptors (Lipinski definition) is 0. The van der Waals surface area contributed by atoms with Crippen molar-refractivity contribution >= 4 is 10.9 Å². The Kier molecular flexibility index (Phi) is 25.3. The Bertz CT molecular complexity index is 326. The van der Waals surface area contributed by atoms with Gasteiger partial charge in [-0.15, -0.1) is 0 Å². The molecule has 0 heterocycles. The van der Waals surface area contributed by atoms with Crippen molar-refractivity contribution in [3.05, 3.63) is 0 Å². The highest BCUT2D eigenvalue weighted by molar-refractivity contribution is 7.97. The van der Waals surface area contributed by atoms with Gasteiger partial charge in [0.15, 0.2) is 0 Å². The lowest BCUT2D eigenvalue weighted by molar-refractivity contribution is 0.538. The summed E-state index contributed by atoms with van der Waals surface area (Å²) in [7, 11) is 0.652. The molecule has 0 aliphatic heterocycles. The van der Waals surface area contributed by atoms with Crippen molar-refractivity contribution in [1.82, 2.24) is 0 Å². The standard InChI is InChI=1S/C30H63S/c1-6-9-11-13-15-17-18-19-20-22-24-26-28-30(5)31(8-3)29(4)27-25-23-21-16-14-12-10-7-2/h29-30H,6-28H2,1-5H3/q+1. The van der Waals surface area contributed by atoms with E-state index in [0.717, 1.165) is 10.5 Å². The van der Waals surface area contributed by atoms with Crippen LogP contribution in [0.2, 0.25) is 0 Å². The quantitative estimate of drug-likeness (QED) is 0.0948. The van der Waals surface area contributed by atoms with Crippen LogP contribution in [0.15, 0.2) is 0 Å². The lowest BCUT2D eigenvalue weighted by atomic mass is 10.0. The fourth-order valence-corrected chi connectivity index (χ4v) is 7.98. The van der Waals surface area contributed by atoms with E-state index in [1.807, 2.05) is 0 Å². The second-order valence-corrected chi connectivity index (χ2v) is 13.4. The minimum atomic E-state index is 0.652. The van der Waals surface area contributed by atoms with Crippen molar-refractivity contribution in [2.45, 2.75) is 186 Å². The molecule has 188 valence electrons. The van der Waals surface area contributed by atoms with Crippen LogP contribution in [-0.4, -0.2) is 16.3 Å². The van der Waals surface area contributed by atoms with Gasteiger partial charge in [0, 0.05) is 0 Å². The highest BCUT2D eigenvalue weighted by atomic mass is 32.2. The molecular formula is C30H63S+. The Morgan fingerprint density at radius 3 is 0.903 bits per heavy atom. The maximum atomic E-state index is 2.56. The Morgan fingerprint density at radius 1 is 0.387 bits per heavy atom. The highest BCUT2D eigenvalue weighted by Crippen LogP contribution is 2.23. The molecule has 0 fully saturated rings. The van der Waals surface area contributed by atoms with Crippen LogP contribution in [0.4, 0.5) is 0 Å². The number of hydrogen-bond donors (Lipinski definition) is 0. The molecule has 0 saturated heterocycles. The summed E-state index contributed by atoms with van der Waals surface area (Å²) >= 11 is 0. The molecule has 0 N–H and O–H groups in total. The summed E-state index contributed by atoms with van der Waals surface area (Å²) in [6.07, 6.45) is 32.2. The van der Waals surface area contributed by atoms with Gasteiger partial charge < -0.3 is 0 Å². The summed E-state index contributed by atoms with van der Waals surface area (Å²) in [4.78, 5) is 0. The van der Waals surface area contributed by atoms with Crippen LogP contribution in [0.3, 0.4) is 0 Å². The van der Waals surface area contributed by atoms with Crippen LogP contribution < -0.4 is 0 Å². The van der Waals surface area contributed by atoms with Crippen molar-refractivity contribution in [3.63, 3.8) is 0 Å². The Labute approximate surface area is 202 Å². The molecule has 0 aromatic carbocycles. The number of unbranched alkanes of at least 4 members (excludes halogenated alkanes) is 18. The molecule has 1 heteroatoms. The maximum Gasteiger partial charge on any atom is 0.115 e. The summed E-state index contributed by atoms with van der Waals surface area (Å²) in [5.74, 6) is 1.41. The van der Waals surface area contributed by atoms with Gasteiger partial charge in [0.1, 0.15) is 16.3 Å². The molecule has 0 rings (SSSR count). The lowest BCUT2D eigenvalue weighted by Crippen LogP contribution is -2.30. The normalized spacial score (nSPS) is 14.6. The average Bonchev–Trinajstić information content (AvgIpc) is 2.76. The second-order valence-electron chi connectivity index (χ2n) is 10.3. The molecule has 0 amide bonds. The minimum absolute atomic E-state index is 0.652. The van der Waals surface area contributed by atoms with Crippen LogP contribution in [-0.2, 0) is 10.9 Å². The van der Waals surface area contributed by atoms with Crippen LogP contribution in [0.25, 0.3) is 0 Å². The SMILES string of the molecule is CCCCCCCCCCCCCCC(C)[S+](CC)C(C)CCCCCCCCCC. The molecule has 0 aromatic heterocycles. The molecule has 0 spiro atoms. The van der Waals surface area contributed by atoms with Gasteiger partial charge >= 0.3 is 0 Å². The second kappa shape index (κ2) is 25.0. The van der Waals surface area contributed by atoms with Gasteiger partial charge in [-0.25, -0.2) is 0 Å². The predicted octanol–water partition coefficient (Wildman–Crippen LogP) is 11.0. The van der Waals surface area contributed by atoms with Gasteiger partial charge in [-0.05, 0) is 57.3 Å². The van der Waals surface area contributed by atoms with Crippen molar-refractivity contribution in [1.29, 1.82) is 0 Å². The van der Waals surface area contributed by atoms with Crippen LogP contribution >= 0.6 is 0 Å². The van der Waals surface area contributed by atoms with Gasteiger partial charge in [-0.1, -0.05) is 129 Å². The summed E-state index contributed by atoms with van der Waals surface area (Å²) in [6, 6.07) is 0. The summed E-state index contributed by atoms with van der Waals surface area (Å²) < 4.78 is 0. The topological polar surface area (TPSA) is 0 Å².